The lowest BCUT2D eigenvalue weighted by Crippen LogP contribution is -2.49. The smallest absolute Gasteiger partial charge is 0.409 e. The molecule has 7 heteroatoms. The van der Waals surface area contributed by atoms with Crippen molar-refractivity contribution in [3.05, 3.63) is 71.8 Å². The van der Waals surface area contributed by atoms with Crippen LogP contribution in [0.3, 0.4) is 0 Å². The van der Waals surface area contributed by atoms with Crippen molar-refractivity contribution in [3.63, 3.8) is 0 Å². The molecule has 0 saturated carbocycles. The molecule has 0 aromatic heterocycles. The number of benzene rings is 2. The fraction of sp³-hybridized carbons (Fsp3) is 0.417. The molecule has 7 nitrogen and oxygen atoms in total. The lowest BCUT2D eigenvalue weighted by atomic mass is 9.87. The summed E-state index contributed by atoms with van der Waals surface area (Å²) in [4.78, 5) is 18.0. The highest BCUT2D eigenvalue weighted by Gasteiger charge is 2.30. The van der Waals surface area contributed by atoms with Gasteiger partial charge >= 0.3 is 6.09 Å². The molecule has 0 aliphatic carbocycles. The maximum Gasteiger partial charge on any atom is 0.409 e. The number of hydrogen-bond acceptors (Lipinski definition) is 4. The maximum atomic E-state index is 11.8. The minimum atomic E-state index is -1.16. The third-order valence-corrected chi connectivity index (χ3v) is 5.53. The van der Waals surface area contributed by atoms with Gasteiger partial charge in [0.1, 0.15) is 5.60 Å². The van der Waals surface area contributed by atoms with Crippen LogP contribution in [0.5, 0.6) is 0 Å². The number of nitrogens with zero attached hydrogens (tertiary/aromatic N) is 2. The lowest BCUT2D eigenvalue weighted by molar-refractivity contribution is 0.0467. The Morgan fingerprint density at radius 2 is 1.77 bits per heavy atom. The van der Waals surface area contributed by atoms with E-state index in [-0.39, 0.29) is 18.7 Å². The molecular formula is C24H32N4O3. The second kappa shape index (κ2) is 10.8. The molecule has 1 unspecified atom stereocenters. The summed E-state index contributed by atoms with van der Waals surface area (Å²) in [6.07, 6.45) is 1.70. The molecule has 3 rings (SSSR count). The zero-order chi connectivity index (χ0) is 22.1. The largest absolute Gasteiger partial charge is 0.450 e. The number of hydrogen-bond donors (Lipinski definition) is 3. The molecule has 166 valence electrons. The summed E-state index contributed by atoms with van der Waals surface area (Å²) < 4.78 is 5.05. The number of aliphatic imine (C=N–C) groups is 1. The van der Waals surface area contributed by atoms with Gasteiger partial charge in [-0.15, -0.1) is 0 Å². The van der Waals surface area contributed by atoms with Gasteiger partial charge < -0.3 is 25.8 Å². The number of rotatable bonds is 7. The number of carbonyl (C=O) groups is 1. The molecule has 2 aromatic rings. The number of nitrogens with two attached hydrogens (primary N) is 1. The van der Waals surface area contributed by atoms with Crippen molar-refractivity contribution < 1.29 is 14.6 Å². The van der Waals surface area contributed by atoms with Crippen molar-refractivity contribution in [1.29, 1.82) is 0 Å². The fourth-order valence-corrected chi connectivity index (χ4v) is 3.82. The second-order valence-electron chi connectivity index (χ2n) is 7.87. The van der Waals surface area contributed by atoms with Gasteiger partial charge in [-0.25, -0.2) is 4.79 Å². The number of likely N-dealkylation sites (tertiary alicyclic amines) is 1. The number of aliphatic hydroxyl groups is 1. The molecular weight excluding hydrogens is 392 g/mol. The predicted molar refractivity (Wildman–Crippen MR) is 122 cm³/mol. The third-order valence-electron chi connectivity index (χ3n) is 5.53. The number of guanidine groups is 1. The monoisotopic (exact) mass is 424 g/mol. The highest BCUT2D eigenvalue weighted by atomic mass is 16.6. The molecule has 1 amide bonds. The molecule has 1 aliphatic rings. The van der Waals surface area contributed by atoms with E-state index in [4.69, 9.17) is 10.5 Å². The van der Waals surface area contributed by atoms with Gasteiger partial charge in [-0.3, -0.25) is 4.99 Å². The highest BCUT2D eigenvalue weighted by molar-refractivity contribution is 5.78. The summed E-state index contributed by atoms with van der Waals surface area (Å²) in [7, 11) is 0. The van der Waals surface area contributed by atoms with Gasteiger partial charge in [-0.1, -0.05) is 60.7 Å². The van der Waals surface area contributed by atoms with E-state index in [1.54, 1.807) is 11.8 Å². The molecule has 0 spiro atoms. The Bertz CT molecular complexity index is 852. The SMILES string of the molecule is CCOC(=O)N1CCC(NC(N)=NCC(O)(Cc2ccccc2)c2ccccc2)CC1. The number of carbonyl (C=O) groups excluding carboxylic acids is 1. The maximum absolute atomic E-state index is 11.8. The second-order valence-corrected chi connectivity index (χ2v) is 7.87. The van der Waals surface area contributed by atoms with Crippen LogP contribution in [0.25, 0.3) is 0 Å². The first kappa shape index (κ1) is 22.6. The normalized spacial score (nSPS) is 17.1. The van der Waals surface area contributed by atoms with Gasteiger partial charge in [0.25, 0.3) is 0 Å². The van der Waals surface area contributed by atoms with Gasteiger partial charge in [0.15, 0.2) is 5.96 Å². The lowest BCUT2D eigenvalue weighted by Gasteiger charge is -2.32. The molecule has 1 heterocycles. The third kappa shape index (κ3) is 6.46. The molecule has 1 aliphatic heterocycles. The van der Waals surface area contributed by atoms with Gasteiger partial charge in [0, 0.05) is 25.6 Å². The van der Waals surface area contributed by atoms with Crippen LogP contribution in [0.15, 0.2) is 65.7 Å². The predicted octanol–water partition coefficient (Wildman–Crippen LogP) is 2.64. The first-order valence-corrected chi connectivity index (χ1v) is 10.8. The minimum absolute atomic E-state index is 0.133. The summed E-state index contributed by atoms with van der Waals surface area (Å²) in [5.74, 6) is 0.303. The van der Waals surface area contributed by atoms with E-state index in [0.29, 0.717) is 32.1 Å². The van der Waals surface area contributed by atoms with Crippen molar-refractivity contribution in [2.75, 3.05) is 26.2 Å². The topological polar surface area (TPSA) is 100 Å². The van der Waals surface area contributed by atoms with Crippen LogP contribution >= 0.6 is 0 Å². The van der Waals surface area contributed by atoms with E-state index >= 15 is 0 Å². The van der Waals surface area contributed by atoms with Crippen LogP contribution in [0.2, 0.25) is 0 Å². The van der Waals surface area contributed by atoms with E-state index in [0.717, 1.165) is 24.0 Å². The zero-order valence-electron chi connectivity index (χ0n) is 18.0. The van der Waals surface area contributed by atoms with E-state index in [9.17, 15) is 9.90 Å². The summed E-state index contributed by atoms with van der Waals surface area (Å²) >= 11 is 0. The first-order chi connectivity index (χ1) is 15.0. The highest BCUT2D eigenvalue weighted by Crippen LogP contribution is 2.26. The quantitative estimate of drug-likeness (QED) is 0.469. The average molecular weight is 425 g/mol. The molecule has 4 N–H and O–H groups in total. The Kier molecular flexibility index (Phi) is 7.89. The fourth-order valence-electron chi connectivity index (χ4n) is 3.82. The zero-order valence-corrected chi connectivity index (χ0v) is 18.0. The van der Waals surface area contributed by atoms with Gasteiger partial charge in [-0.05, 0) is 30.9 Å². The molecule has 0 bridgehead atoms. The van der Waals surface area contributed by atoms with Crippen molar-refractivity contribution in [3.8, 4) is 0 Å². The Hall–Kier alpha value is -3.06. The van der Waals surface area contributed by atoms with Gasteiger partial charge in [0.05, 0.1) is 13.2 Å². The number of nitrogens with one attached hydrogen (secondary N) is 1. The Morgan fingerprint density at radius 1 is 1.16 bits per heavy atom. The Balaban J connectivity index is 1.62. The number of piperidine rings is 1. The van der Waals surface area contributed by atoms with Crippen LogP contribution in [0, 0.1) is 0 Å². The summed E-state index contributed by atoms with van der Waals surface area (Å²) in [5.41, 5.74) is 6.82. The molecule has 1 saturated heterocycles. The molecule has 1 atom stereocenters. The van der Waals surface area contributed by atoms with Crippen molar-refractivity contribution in [1.82, 2.24) is 10.2 Å². The van der Waals surface area contributed by atoms with Crippen molar-refractivity contribution in [2.45, 2.75) is 37.8 Å². The van der Waals surface area contributed by atoms with Gasteiger partial charge in [-0.2, -0.15) is 0 Å². The molecule has 0 radical (unpaired) electrons. The van der Waals surface area contributed by atoms with Crippen LogP contribution in [-0.4, -0.2) is 54.3 Å². The molecule has 2 aromatic carbocycles. The average Bonchev–Trinajstić information content (AvgIpc) is 2.80. The summed E-state index contributed by atoms with van der Waals surface area (Å²) in [5, 5.41) is 14.7. The standard InChI is InChI=1S/C24H32N4O3/c1-2-31-23(29)28-15-13-21(14-16-28)27-22(25)26-18-24(30,20-11-7-4-8-12-20)17-19-9-5-3-6-10-19/h3-12,21,30H,2,13-18H2,1H3,(H3,25,26,27). The van der Waals surface area contributed by atoms with Gasteiger partial charge in [0.2, 0.25) is 0 Å². The van der Waals surface area contributed by atoms with E-state index < -0.39 is 5.60 Å². The Labute approximate surface area is 183 Å². The minimum Gasteiger partial charge on any atom is -0.450 e. The van der Waals surface area contributed by atoms with Crippen LogP contribution in [-0.2, 0) is 16.8 Å². The van der Waals surface area contributed by atoms with Crippen LogP contribution in [0.4, 0.5) is 4.79 Å². The van der Waals surface area contributed by atoms with E-state index in [1.807, 2.05) is 60.7 Å². The van der Waals surface area contributed by atoms with Crippen molar-refractivity contribution in [2.24, 2.45) is 10.7 Å². The summed E-state index contributed by atoms with van der Waals surface area (Å²) in [6.45, 7) is 3.56. The van der Waals surface area contributed by atoms with Crippen molar-refractivity contribution >= 4 is 12.1 Å². The summed E-state index contributed by atoms with van der Waals surface area (Å²) in [6, 6.07) is 19.6. The first-order valence-electron chi connectivity index (χ1n) is 10.8. The molecule has 1 fully saturated rings. The number of amides is 1. The van der Waals surface area contributed by atoms with E-state index in [2.05, 4.69) is 10.3 Å². The molecule has 31 heavy (non-hydrogen) atoms. The number of ether oxygens (including phenoxy) is 1. The van der Waals surface area contributed by atoms with E-state index in [1.165, 1.54) is 0 Å². The van der Waals surface area contributed by atoms with Crippen LogP contribution in [0.1, 0.15) is 30.9 Å². The Morgan fingerprint density at radius 3 is 2.39 bits per heavy atom. The van der Waals surface area contributed by atoms with Crippen LogP contribution < -0.4 is 11.1 Å².